The van der Waals surface area contributed by atoms with Gasteiger partial charge < -0.3 is 25.2 Å². The number of benzene rings is 1. The number of methoxy groups -OCH3 is 1. The van der Waals surface area contributed by atoms with E-state index in [1.165, 1.54) is 0 Å². The van der Waals surface area contributed by atoms with Gasteiger partial charge in [0.2, 0.25) is 5.91 Å². The minimum absolute atomic E-state index is 0.000630. The number of carbonyl (C=O) groups is 2. The first-order valence-electron chi connectivity index (χ1n) is 10.6. The van der Waals surface area contributed by atoms with Crippen LogP contribution in [0.4, 0.5) is 0 Å². The number of ether oxygens (including phenoxy) is 1. The van der Waals surface area contributed by atoms with Gasteiger partial charge in [0.05, 0.1) is 7.11 Å². The Morgan fingerprint density at radius 3 is 2.24 bits per heavy atom. The molecule has 0 saturated carbocycles. The van der Waals surface area contributed by atoms with Crippen LogP contribution in [-0.2, 0) is 4.79 Å². The molecule has 7 heteroatoms. The first-order chi connectivity index (χ1) is 13.9. The van der Waals surface area contributed by atoms with Crippen LogP contribution in [0.3, 0.4) is 0 Å². The first kappa shape index (κ1) is 23.2. The van der Waals surface area contributed by atoms with Gasteiger partial charge >= 0.3 is 0 Å². The standard InChI is InChI=1S/C22H36N4O3/c1-5-25-13-15-26(16-14-25)12-6-11-23-22(28)20(17(2)3)24-21(27)18-7-9-19(29-4)10-8-18/h7-10,17,20H,5-6,11-16H2,1-4H3,(H,23,28)(H,24,27). The smallest absolute Gasteiger partial charge is 0.251 e. The average Bonchev–Trinajstić information content (AvgIpc) is 2.75. The molecule has 7 nitrogen and oxygen atoms in total. The van der Waals surface area contributed by atoms with Crippen LogP contribution in [0.25, 0.3) is 0 Å². The van der Waals surface area contributed by atoms with Gasteiger partial charge in [0.15, 0.2) is 0 Å². The molecule has 0 aliphatic carbocycles. The van der Waals surface area contributed by atoms with E-state index >= 15 is 0 Å². The van der Waals surface area contributed by atoms with E-state index in [9.17, 15) is 9.59 Å². The molecule has 1 fully saturated rings. The topological polar surface area (TPSA) is 73.9 Å². The lowest BCUT2D eigenvalue weighted by Crippen LogP contribution is -2.50. The molecule has 1 unspecified atom stereocenters. The molecule has 0 radical (unpaired) electrons. The second-order valence-electron chi connectivity index (χ2n) is 7.84. The Labute approximate surface area is 174 Å². The highest BCUT2D eigenvalue weighted by molar-refractivity contribution is 5.97. The highest BCUT2D eigenvalue weighted by atomic mass is 16.5. The fourth-order valence-corrected chi connectivity index (χ4v) is 3.46. The molecule has 0 aromatic heterocycles. The van der Waals surface area contributed by atoms with Crippen molar-refractivity contribution in [1.29, 1.82) is 0 Å². The number of nitrogens with zero attached hydrogens (tertiary/aromatic N) is 2. The molecular weight excluding hydrogens is 368 g/mol. The maximum Gasteiger partial charge on any atom is 0.251 e. The summed E-state index contributed by atoms with van der Waals surface area (Å²) in [5, 5.41) is 5.85. The molecule has 2 rings (SSSR count). The summed E-state index contributed by atoms with van der Waals surface area (Å²) in [4.78, 5) is 30.0. The zero-order valence-corrected chi connectivity index (χ0v) is 18.2. The highest BCUT2D eigenvalue weighted by Crippen LogP contribution is 2.12. The summed E-state index contributed by atoms with van der Waals surface area (Å²) in [6.45, 7) is 13.2. The lowest BCUT2D eigenvalue weighted by Gasteiger charge is -2.34. The maximum absolute atomic E-state index is 12.6. The summed E-state index contributed by atoms with van der Waals surface area (Å²) < 4.78 is 5.11. The predicted molar refractivity (Wildman–Crippen MR) is 115 cm³/mol. The molecule has 29 heavy (non-hydrogen) atoms. The lowest BCUT2D eigenvalue weighted by atomic mass is 10.0. The number of nitrogens with one attached hydrogen (secondary N) is 2. The zero-order chi connectivity index (χ0) is 21.2. The fourth-order valence-electron chi connectivity index (χ4n) is 3.46. The number of hydrogen-bond acceptors (Lipinski definition) is 5. The van der Waals surface area contributed by atoms with Crippen molar-refractivity contribution in [3.8, 4) is 5.75 Å². The number of piperazine rings is 1. The number of hydrogen-bond donors (Lipinski definition) is 2. The first-order valence-corrected chi connectivity index (χ1v) is 10.6. The summed E-state index contributed by atoms with van der Waals surface area (Å²) in [6.07, 6.45) is 0.912. The van der Waals surface area contributed by atoms with Crippen molar-refractivity contribution in [2.75, 3.05) is 52.9 Å². The van der Waals surface area contributed by atoms with Crippen LogP contribution in [0.1, 0.15) is 37.6 Å². The summed E-state index contributed by atoms with van der Waals surface area (Å²) in [5.41, 5.74) is 0.510. The molecule has 2 amide bonds. The van der Waals surface area contributed by atoms with E-state index in [1.54, 1.807) is 31.4 Å². The van der Waals surface area contributed by atoms with Crippen LogP contribution < -0.4 is 15.4 Å². The molecule has 1 atom stereocenters. The lowest BCUT2D eigenvalue weighted by molar-refractivity contribution is -0.123. The molecule has 0 bridgehead atoms. The van der Waals surface area contributed by atoms with Gasteiger partial charge in [-0.15, -0.1) is 0 Å². The van der Waals surface area contributed by atoms with Crippen LogP contribution >= 0.6 is 0 Å². The second-order valence-corrected chi connectivity index (χ2v) is 7.84. The van der Waals surface area contributed by atoms with E-state index < -0.39 is 6.04 Å². The Morgan fingerprint density at radius 1 is 1.07 bits per heavy atom. The highest BCUT2D eigenvalue weighted by Gasteiger charge is 2.24. The van der Waals surface area contributed by atoms with Gasteiger partial charge in [-0.25, -0.2) is 0 Å². The molecule has 1 aliphatic heterocycles. The normalized spacial score (nSPS) is 16.4. The third kappa shape index (κ3) is 7.33. The van der Waals surface area contributed by atoms with Gasteiger partial charge in [-0.1, -0.05) is 20.8 Å². The van der Waals surface area contributed by atoms with E-state index in [0.29, 0.717) is 17.9 Å². The molecule has 1 heterocycles. The Morgan fingerprint density at radius 2 is 1.69 bits per heavy atom. The molecule has 1 saturated heterocycles. The Bertz CT molecular complexity index is 640. The van der Waals surface area contributed by atoms with Gasteiger partial charge in [0.25, 0.3) is 5.91 Å². The third-order valence-electron chi connectivity index (χ3n) is 5.45. The SMILES string of the molecule is CCN1CCN(CCCNC(=O)C(NC(=O)c2ccc(OC)cc2)C(C)C)CC1. The zero-order valence-electron chi connectivity index (χ0n) is 18.2. The van der Waals surface area contributed by atoms with E-state index in [0.717, 1.165) is 45.7 Å². The van der Waals surface area contributed by atoms with Gasteiger partial charge in [-0.05, 0) is 49.7 Å². The maximum atomic E-state index is 12.6. The molecule has 162 valence electrons. The molecule has 1 aromatic carbocycles. The quantitative estimate of drug-likeness (QED) is 0.580. The van der Waals surface area contributed by atoms with E-state index in [-0.39, 0.29) is 17.7 Å². The van der Waals surface area contributed by atoms with Crippen molar-refractivity contribution in [3.05, 3.63) is 29.8 Å². The van der Waals surface area contributed by atoms with Crippen molar-refractivity contribution < 1.29 is 14.3 Å². The summed E-state index contributed by atoms with van der Waals surface area (Å²) >= 11 is 0. The van der Waals surface area contributed by atoms with Gasteiger partial charge in [-0.3, -0.25) is 9.59 Å². The van der Waals surface area contributed by atoms with Crippen LogP contribution in [0.5, 0.6) is 5.75 Å². The Balaban J connectivity index is 1.76. The second kappa shape index (κ2) is 11.8. The van der Waals surface area contributed by atoms with Crippen LogP contribution in [0.15, 0.2) is 24.3 Å². The molecule has 0 spiro atoms. The number of likely N-dealkylation sites (N-methyl/N-ethyl adjacent to an activating group) is 1. The van der Waals surface area contributed by atoms with Crippen LogP contribution in [0.2, 0.25) is 0 Å². The summed E-state index contributed by atoms with van der Waals surface area (Å²) in [5.74, 6) is 0.308. The van der Waals surface area contributed by atoms with Gasteiger partial charge in [0, 0.05) is 38.3 Å². The largest absolute Gasteiger partial charge is 0.497 e. The van der Waals surface area contributed by atoms with Crippen LogP contribution in [0, 0.1) is 5.92 Å². The molecule has 1 aromatic rings. The number of rotatable bonds is 10. The summed E-state index contributed by atoms with van der Waals surface area (Å²) in [7, 11) is 1.58. The predicted octanol–water partition coefficient (Wildman–Crippen LogP) is 1.59. The van der Waals surface area contributed by atoms with E-state index in [4.69, 9.17) is 4.74 Å². The van der Waals surface area contributed by atoms with E-state index in [2.05, 4.69) is 27.4 Å². The van der Waals surface area contributed by atoms with Crippen molar-refractivity contribution in [2.24, 2.45) is 5.92 Å². The van der Waals surface area contributed by atoms with Crippen LogP contribution in [-0.4, -0.2) is 80.6 Å². The fraction of sp³-hybridized carbons (Fsp3) is 0.636. The Hall–Kier alpha value is -2.12. The minimum Gasteiger partial charge on any atom is -0.497 e. The summed E-state index contributed by atoms with van der Waals surface area (Å²) in [6, 6.07) is 6.31. The molecular formula is C22H36N4O3. The minimum atomic E-state index is -0.558. The van der Waals surface area contributed by atoms with Gasteiger partial charge in [-0.2, -0.15) is 0 Å². The third-order valence-corrected chi connectivity index (χ3v) is 5.45. The number of carbonyl (C=O) groups excluding carboxylic acids is 2. The average molecular weight is 405 g/mol. The van der Waals surface area contributed by atoms with Crippen molar-refractivity contribution >= 4 is 11.8 Å². The van der Waals surface area contributed by atoms with Gasteiger partial charge in [0.1, 0.15) is 11.8 Å². The van der Waals surface area contributed by atoms with E-state index in [1.807, 2.05) is 13.8 Å². The molecule has 2 N–H and O–H groups in total. The monoisotopic (exact) mass is 404 g/mol. The van der Waals surface area contributed by atoms with Crippen molar-refractivity contribution in [2.45, 2.75) is 33.2 Å². The van der Waals surface area contributed by atoms with Crippen molar-refractivity contribution in [1.82, 2.24) is 20.4 Å². The Kier molecular flexibility index (Phi) is 9.41. The van der Waals surface area contributed by atoms with Crippen molar-refractivity contribution in [3.63, 3.8) is 0 Å². The number of amides is 2. The molecule has 1 aliphatic rings.